The molecule has 1 aromatic carbocycles. The van der Waals surface area contributed by atoms with Gasteiger partial charge in [0.05, 0.1) is 10.9 Å². The van der Waals surface area contributed by atoms with Gasteiger partial charge >= 0.3 is 0 Å². The van der Waals surface area contributed by atoms with Gasteiger partial charge in [-0.25, -0.2) is 19.3 Å². The molecule has 0 saturated carbocycles. The van der Waals surface area contributed by atoms with E-state index in [4.69, 9.17) is 4.98 Å². The highest BCUT2D eigenvalue weighted by atomic mass is 16.1. The van der Waals surface area contributed by atoms with Crippen molar-refractivity contribution in [1.82, 2.24) is 24.6 Å². The van der Waals surface area contributed by atoms with Crippen molar-refractivity contribution in [3.8, 4) is 5.82 Å². The number of nitrogens with one attached hydrogen (secondary N) is 2. The van der Waals surface area contributed by atoms with E-state index in [-0.39, 0.29) is 11.0 Å². The number of benzene rings is 1. The summed E-state index contributed by atoms with van der Waals surface area (Å²) in [6.07, 6.45) is 2.69. The van der Waals surface area contributed by atoms with E-state index in [9.17, 15) is 4.79 Å². The maximum Gasteiger partial charge on any atom is 0.276 e. The lowest BCUT2D eigenvalue weighted by atomic mass is 9.92. The summed E-state index contributed by atoms with van der Waals surface area (Å²) in [5.74, 6) is 1.43. The van der Waals surface area contributed by atoms with Gasteiger partial charge in [0.1, 0.15) is 5.82 Å². The van der Waals surface area contributed by atoms with E-state index in [0.717, 1.165) is 42.2 Å². The van der Waals surface area contributed by atoms with Crippen molar-refractivity contribution in [2.45, 2.75) is 52.6 Å². The van der Waals surface area contributed by atoms with E-state index in [2.05, 4.69) is 54.6 Å². The summed E-state index contributed by atoms with van der Waals surface area (Å²) in [6.45, 7) is 10.8. The fourth-order valence-electron chi connectivity index (χ4n) is 4.41. The number of fused-ring (bicyclic) bond motifs is 2. The molecule has 0 bridgehead atoms. The Morgan fingerprint density at radius 3 is 2.76 bits per heavy atom. The molecule has 0 spiro atoms. The normalized spacial score (nSPS) is 13.8. The third-order valence-electron chi connectivity index (χ3n) is 6.20. The standard InChI is InChI=1S/C26H30N6O/c1-5-31-25(33)20-16-28-23(29-19-10-9-18-15-27-12-11-17(18)13-19)14-21(20)32(31)24-8-6-7-22(30-24)26(2,3)4/h6-10,13-14,16,27H,5,11-12,15H2,1-4H3,(H,28,29). The van der Waals surface area contributed by atoms with Crippen LogP contribution >= 0.6 is 0 Å². The van der Waals surface area contributed by atoms with E-state index in [1.807, 2.05) is 35.9 Å². The highest BCUT2D eigenvalue weighted by Gasteiger charge is 2.20. The molecule has 4 aromatic rings. The number of nitrogens with zero attached hydrogens (tertiary/aromatic N) is 4. The zero-order valence-corrected chi connectivity index (χ0v) is 19.6. The summed E-state index contributed by atoms with van der Waals surface area (Å²) in [6, 6.07) is 14.4. The van der Waals surface area contributed by atoms with Crippen LogP contribution in [0.5, 0.6) is 0 Å². The largest absolute Gasteiger partial charge is 0.340 e. The maximum atomic E-state index is 13.1. The lowest BCUT2D eigenvalue weighted by Gasteiger charge is -2.19. The van der Waals surface area contributed by atoms with Gasteiger partial charge in [-0.2, -0.15) is 0 Å². The molecule has 0 unspecified atom stereocenters. The Morgan fingerprint density at radius 1 is 1.12 bits per heavy atom. The van der Waals surface area contributed by atoms with Crippen LogP contribution in [0.25, 0.3) is 16.7 Å². The summed E-state index contributed by atoms with van der Waals surface area (Å²) in [5, 5.41) is 7.42. The van der Waals surface area contributed by atoms with Crippen LogP contribution in [-0.2, 0) is 24.9 Å². The zero-order chi connectivity index (χ0) is 23.2. The van der Waals surface area contributed by atoms with Crippen LogP contribution in [0.1, 0.15) is 44.5 Å². The molecule has 33 heavy (non-hydrogen) atoms. The molecule has 0 fully saturated rings. The molecule has 4 heterocycles. The third-order valence-corrected chi connectivity index (χ3v) is 6.20. The van der Waals surface area contributed by atoms with Crippen LogP contribution in [0.2, 0.25) is 0 Å². The van der Waals surface area contributed by atoms with E-state index in [1.165, 1.54) is 11.1 Å². The first-order valence-corrected chi connectivity index (χ1v) is 11.5. The first-order chi connectivity index (χ1) is 15.8. The summed E-state index contributed by atoms with van der Waals surface area (Å²) >= 11 is 0. The summed E-state index contributed by atoms with van der Waals surface area (Å²) in [5.41, 5.74) is 5.32. The van der Waals surface area contributed by atoms with Gasteiger partial charge in [0.15, 0.2) is 5.82 Å². The second kappa shape index (κ2) is 8.15. The van der Waals surface area contributed by atoms with E-state index < -0.39 is 0 Å². The molecule has 7 heteroatoms. The molecule has 0 aliphatic carbocycles. The molecule has 0 saturated heterocycles. The van der Waals surface area contributed by atoms with Crippen molar-refractivity contribution < 1.29 is 0 Å². The fourth-order valence-corrected chi connectivity index (χ4v) is 4.41. The number of pyridine rings is 2. The van der Waals surface area contributed by atoms with Gasteiger partial charge < -0.3 is 10.6 Å². The van der Waals surface area contributed by atoms with Gasteiger partial charge in [-0.15, -0.1) is 0 Å². The van der Waals surface area contributed by atoms with Gasteiger partial charge in [-0.05, 0) is 55.3 Å². The molecular formula is C26H30N6O. The predicted molar refractivity (Wildman–Crippen MR) is 133 cm³/mol. The minimum Gasteiger partial charge on any atom is -0.340 e. The fraction of sp³-hybridized carbons (Fsp3) is 0.346. The molecule has 7 nitrogen and oxygen atoms in total. The van der Waals surface area contributed by atoms with Crippen LogP contribution in [0.3, 0.4) is 0 Å². The summed E-state index contributed by atoms with van der Waals surface area (Å²) in [7, 11) is 0. The minimum absolute atomic E-state index is 0.0595. The van der Waals surface area contributed by atoms with Crippen molar-refractivity contribution >= 4 is 22.4 Å². The number of hydrogen-bond donors (Lipinski definition) is 2. The zero-order valence-electron chi connectivity index (χ0n) is 19.6. The first-order valence-electron chi connectivity index (χ1n) is 11.5. The molecule has 0 atom stereocenters. The van der Waals surface area contributed by atoms with Crippen LogP contribution in [0.15, 0.2) is 53.5 Å². The van der Waals surface area contributed by atoms with Gasteiger partial charge in [-0.3, -0.25) is 4.79 Å². The van der Waals surface area contributed by atoms with Crippen molar-refractivity contribution in [3.05, 3.63) is 75.8 Å². The highest BCUT2D eigenvalue weighted by molar-refractivity contribution is 5.82. The number of aromatic nitrogens is 4. The highest BCUT2D eigenvalue weighted by Crippen LogP contribution is 2.26. The molecule has 1 aliphatic rings. The SMILES string of the molecule is CCn1c(=O)c2cnc(Nc3ccc4c(c3)CCNC4)cc2n1-c1cccc(C(C)(C)C)n1. The van der Waals surface area contributed by atoms with E-state index in [0.29, 0.717) is 17.7 Å². The lowest BCUT2D eigenvalue weighted by Crippen LogP contribution is -2.23. The second-order valence-electron chi connectivity index (χ2n) is 9.59. The van der Waals surface area contributed by atoms with Crippen LogP contribution in [-0.4, -0.2) is 25.9 Å². The molecular weight excluding hydrogens is 412 g/mol. The molecule has 2 N–H and O–H groups in total. The van der Waals surface area contributed by atoms with Crippen LogP contribution in [0.4, 0.5) is 11.5 Å². The van der Waals surface area contributed by atoms with Crippen molar-refractivity contribution in [2.75, 3.05) is 11.9 Å². The van der Waals surface area contributed by atoms with Gasteiger partial charge in [0.2, 0.25) is 0 Å². The van der Waals surface area contributed by atoms with Crippen LogP contribution < -0.4 is 16.2 Å². The number of rotatable bonds is 4. The Bertz CT molecular complexity index is 1390. The molecule has 170 valence electrons. The third kappa shape index (κ3) is 3.93. The van der Waals surface area contributed by atoms with Gasteiger partial charge in [-0.1, -0.05) is 32.9 Å². The molecule has 5 rings (SSSR count). The average Bonchev–Trinajstić information content (AvgIpc) is 3.09. The number of hydrogen-bond acceptors (Lipinski definition) is 5. The smallest absolute Gasteiger partial charge is 0.276 e. The van der Waals surface area contributed by atoms with E-state index >= 15 is 0 Å². The van der Waals surface area contributed by atoms with E-state index in [1.54, 1.807) is 10.9 Å². The maximum absolute atomic E-state index is 13.1. The molecule has 0 amide bonds. The van der Waals surface area contributed by atoms with Gasteiger partial charge in [0.25, 0.3) is 5.56 Å². The van der Waals surface area contributed by atoms with Crippen molar-refractivity contribution in [2.24, 2.45) is 0 Å². The first kappa shape index (κ1) is 21.4. The Kier molecular flexibility index (Phi) is 5.29. The van der Waals surface area contributed by atoms with Crippen LogP contribution in [0, 0.1) is 0 Å². The average molecular weight is 443 g/mol. The summed E-state index contributed by atoms with van der Waals surface area (Å²) in [4.78, 5) is 22.6. The van der Waals surface area contributed by atoms with Crippen molar-refractivity contribution in [3.63, 3.8) is 0 Å². The predicted octanol–water partition coefficient (Wildman–Crippen LogP) is 4.29. The second-order valence-corrected chi connectivity index (χ2v) is 9.59. The lowest BCUT2D eigenvalue weighted by molar-refractivity contribution is 0.546. The molecule has 3 aromatic heterocycles. The Morgan fingerprint density at radius 2 is 1.97 bits per heavy atom. The van der Waals surface area contributed by atoms with Gasteiger partial charge in [0, 0.05) is 42.1 Å². The Hall–Kier alpha value is -3.45. The Labute approximate surface area is 193 Å². The minimum atomic E-state index is -0.0907. The molecule has 0 radical (unpaired) electrons. The summed E-state index contributed by atoms with van der Waals surface area (Å²) < 4.78 is 3.63. The molecule has 1 aliphatic heterocycles. The topological polar surface area (TPSA) is 76.8 Å². The number of anilines is 2. The monoisotopic (exact) mass is 442 g/mol. The van der Waals surface area contributed by atoms with Crippen molar-refractivity contribution in [1.29, 1.82) is 0 Å². The Balaban J connectivity index is 1.60. The quantitative estimate of drug-likeness (QED) is 0.493.